The van der Waals surface area contributed by atoms with E-state index < -0.39 is 17.5 Å². The van der Waals surface area contributed by atoms with Gasteiger partial charge in [-0.25, -0.2) is 0 Å². The van der Waals surface area contributed by atoms with E-state index in [2.05, 4.69) is 0 Å². The molecule has 1 rings (SSSR count). The number of benzene rings is 1. The SMILES string of the molecule is Fc1cc(F)[c]([Sn])c(F)c1. The summed E-state index contributed by atoms with van der Waals surface area (Å²) >= 11 is 0.610. The first-order valence-corrected chi connectivity index (χ1v) is 3.90. The van der Waals surface area contributed by atoms with Crippen molar-refractivity contribution in [2.45, 2.75) is 0 Å². The standard InChI is InChI=1S/C6H2F3.Sn/c7-4-1-5(8)3-6(9)2-4;/h1-2H;. The summed E-state index contributed by atoms with van der Waals surface area (Å²) in [4.78, 5) is 0. The second-order valence-corrected chi connectivity index (χ2v) is 3.17. The van der Waals surface area contributed by atoms with Gasteiger partial charge in [0.25, 0.3) is 0 Å². The van der Waals surface area contributed by atoms with Crippen molar-refractivity contribution in [1.82, 2.24) is 0 Å². The van der Waals surface area contributed by atoms with Gasteiger partial charge in [0.15, 0.2) is 0 Å². The number of hydrogen-bond donors (Lipinski definition) is 0. The molecule has 4 heteroatoms. The van der Waals surface area contributed by atoms with Crippen LogP contribution in [0.3, 0.4) is 0 Å². The molecule has 0 amide bonds. The Hall–Kier alpha value is -0.191. The Labute approximate surface area is 69.1 Å². The first kappa shape index (κ1) is 7.91. The van der Waals surface area contributed by atoms with Crippen molar-refractivity contribution < 1.29 is 13.2 Å². The van der Waals surface area contributed by atoms with Gasteiger partial charge in [-0.15, -0.1) is 0 Å². The van der Waals surface area contributed by atoms with E-state index in [1.807, 2.05) is 0 Å². The van der Waals surface area contributed by atoms with Crippen LogP contribution in [-0.2, 0) is 0 Å². The first-order chi connectivity index (χ1) is 4.61. The summed E-state index contributed by atoms with van der Waals surface area (Å²) in [6.45, 7) is 0. The van der Waals surface area contributed by atoms with Crippen LogP contribution in [0.2, 0.25) is 0 Å². The molecule has 3 radical (unpaired) electrons. The predicted molar refractivity (Wildman–Crippen MR) is 31.7 cm³/mol. The maximum atomic E-state index is 12.4. The monoisotopic (exact) mass is 251 g/mol. The van der Waals surface area contributed by atoms with Crippen molar-refractivity contribution in [3.63, 3.8) is 0 Å². The second kappa shape index (κ2) is 2.82. The molecule has 0 fully saturated rings. The topological polar surface area (TPSA) is 0 Å². The zero-order valence-electron chi connectivity index (χ0n) is 4.79. The van der Waals surface area contributed by atoms with Gasteiger partial charge in [-0.05, 0) is 0 Å². The molecule has 0 aliphatic heterocycles. The van der Waals surface area contributed by atoms with Crippen LogP contribution >= 0.6 is 0 Å². The molecular weight excluding hydrogens is 248 g/mol. The van der Waals surface area contributed by atoms with Crippen molar-refractivity contribution in [1.29, 1.82) is 0 Å². The number of rotatable bonds is 0. The fraction of sp³-hybridized carbons (Fsp3) is 0. The fourth-order valence-electron chi connectivity index (χ4n) is 0.542. The molecule has 0 saturated carbocycles. The predicted octanol–water partition coefficient (Wildman–Crippen LogP) is 0.898. The van der Waals surface area contributed by atoms with E-state index in [1.54, 1.807) is 0 Å². The molecular formula is C6H2F3Sn. The molecule has 0 spiro atoms. The first-order valence-electron chi connectivity index (χ1n) is 2.47. The minimum absolute atomic E-state index is 0.0615. The summed E-state index contributed by atoms with van der Waals surface area (Å²) in [7, 11) is 0. The van der Waals surface area contributed by atoms with Gasteiger partial charge in [-0.3, -0.25) is 0 Å². The molecule has 0 saturated heterocycles. The van der Waals surface area contributed by atoms with E-state index >= 15 is 0 Å². The molecule has 10 heavy (non-hydrogen) atoms. The van der Waals surface area contributed by atoms with E-state index in [0.717, 1.165) is 0 Å². The van der Waals surface area contributed by atoms with Crippen LogP contribution in [-0.4, -0.2) is 22.5 Å². The third-order valence-electron chi connectivity index (χ3n) is 1.01. The number of halogens is 3. The molecule has 0 aliphatic rings. The van der Waals surface area contributed by atoms with Gasteiger partial charge in [0, 0.05) is 0 Å². The minimum atomic E-state index is -0.874. The second-order valence-electron chi connectivity index (χ2n) is 1.74. The van der Waals surface area contributed by atoms with Crippen LogP contribution in [0.15, 0.2) is 12.1 Å². The van der Waals surface area contributed by atoms with E-state index in [4.69, 9.17) is 0 Å². The van der Waals surface area contributed by atoms with Gasteiger partial charge in [-0.2, -0.15) is 0 Å². The zero-order valence-corrected chi connectivity index (χ0v) is 7.64. The third kappa shape index (κ3) is 1.45. The number of hydrogen-bond acceptors (Lipinski definition) is 0. The molecule has 1 aromatic rings. The summed E-state index contributed by atoms with van der Waals surface area (Å²) < 4.78 is 36.8. The Morgan fingerprint density at radius 3 is 1.80 bits per heavy atom. The van der Waals surface area contributed by atoms with E-state index in [0.29, 0.717) is 34.7 Å². The van der Waals surface area contributed by atoms with E-state index in [1.165, 1.54) is 0 Å². The van der Waals surface area contributed by atoms with Gasteiger partial charge in [0.2, 0.25) is 0 Å². The van der Waals surface area contributed by atoms with Crippen LogP contribution in [0, 0.1) is 17.5 Å². The van der Waals surface area contributed by atoms with Crippen LogP contribution in [0.25, 0.3) is 0 Å². The summed E-state index contributed by atoms with van der Waals surface area (Å²) in [6, 6.07) is 1.35. The molecule has 0 heterocycles. The quantitative estimate of drug-likeness (QED) is 0.600. The maximum absolute atomic E-state index is 12.4. The van der Waals surface area contributed by atoms with E-state index in [-0.39, 0.29) is 3.58 Å². The van der Waals surface area contributed by atoms with Crippen molar-refractivity contribution >= 4 is 26.1 Å². The van der Waals surface area contributed by atoms with Gasteiger partial charge in [-0.1, -0.05) is 0 Å². The Kier molecular flexibility index (Phi) is 2.23. The Balaban J connectivity index is 3.31. The summed E-state index contributed by atoms with van der Waals surface area (Å²) in [5.41, 5.74) is 0. The Bertz CT molecular complexity index is 236. The molecule has 0 nitrogen and oxygen atoms in total. The Morgan fingerprint density at radius 1 is 1.00 bits per heavy atom. The van der Waals surface area contributed by atoms with Crippen LogP contribution < -0.4 is 3.58 Å². The summed E-state index contributed by atoms with van der Waals surface area (Å²) in [5, 5.41) is 0. The molecule has 51 valence electrons. The van der Waals surface area contributed by atoms with Gasteiger partial charge in [0.05, 0.1) is 0 Å². The average molecular weight is 250 g/mol. The van der Waals surface area contributed by atoms with Crippen LogP contribution in [0.4, 0.5) is 13.2 Å². The Morgan fingerprint density at radius 2 is 1.40 bits per heavy atom. The summed E-state index contributed by atoms with van der Waals surface area (Å²) in [5.74, 6) is -2.49. The van der Waals surface area contributed by atoms with Crippen molar-refractivity contribution in [3.05, 3.63) is 29.6 Å². The molecule has 0 unspecified atom stereocenters. The average Bonchev–Trinajstić information content (AvgIpc) is 1.82. The van der Waals surface area contributed by atoms with Gasteiger partial charge >= 0.3 is 68.9 Å². The van der Waals surface area contributed by atoms with Crippen molar-refractivity contribution in [2.24, 2.45) is 0 Å². The van der Waals surface area contributed by atoms with Gasteiger partial charge in [0.1, 0.15) is 0 Å². The van der Waals surface area contributed by atoms with Crippen LogP contribution in [0.5, 0.6) is 0 Å². The summed E-state index contributed by atoms with van der Waals surface area (Å²) in [6.07, 6.45) is 0. The van der Waals surface area contributed by atoms with Crippen LogP contribution in [0.1, 0.15) is 0 Å². The van der Waals surface area contributed by atoms with Gasteiger partial charge < -0.3 is 0 Å². The molecule has 0 atom stereocenters. The van der Waals surface area contributed by atoms with Crippen molar-refractivity contribution in [3.8, 4) is 0 Å². The zero-order chi connectivity index (χ0) is 7.72. The molecule has 1 aromatic carbocycles. The van der Waals surface area contributed by atoms with Crippen molar-refractivity contribution in [2.75, 3.05) is 0 Å². The normalized spacial score (nSPS) is 10.0. The van der Waals surface area contributed by atoms with E-state index in [9.17, 15) is 13.2 Å². The molecule has 0 bridgehead atoms. The molecule has 0 aliphatic carbocycles. The fourth-order valence-corrected chi connectivity index (χ4v) is 0.954. The molecule has 0 N–H and O–H groups in total. The third-order valence-corrected chi connectivity index (χ3v) is 2.37. The molecule has 0 aromatic heterocycles.